The summed E-state index contributed by atoms with van der Waals surface area (Å²) in [6.07, 6.45) is 1.05. The van der Waals surface area contributed by atoms with E-state index >= 15 is 0 Å². The third-order valence-corrected chi connectivity index (χ3v) is 7.78. The highest BCUT2D eigenvalue weighted by Crippen LogP contribution is 2.42. The highest BCUT2D eigenvalue weighted by atomic mass is 35.6. The zero-order chi connectivity index (χ0) is 29.6. The van der Waals surface area contributed by atoms with Crippen LogP contribution in [0.2, 0.25) is 0 Å². The van der Waals surface area contributed by atoms with E-state index in [1.807, 2.05) is 78.9 Å². The number of nitrogens with zero attached hydrogens (tertiary/aromatic N) is 1. The Balaban J connectivity index is 1.57. The predicted octanol–water partition coefficient (Wildman–Crippen LogP) is 6.74. The van der Waals surface area contributed by atoms with E-state index in [2.05, 4.69) is 30.8 Å². The van der Waals surface area contributed by atoms with E-state index in [9.17, 15) is 9.90 Å². The molecule has 1 saturated heterocycles. The standard InChI is InChI=1S/C32H35Cl3N2O4/c1-4-17-37(3)19-28-21(2)29(24-11-9-22(20-38)10-12-24)41-30(40-28)25-15-13-23(14-16-25)27-8-6-5-7-26(27)18-36-31(39)32(33,34)35/h4-16,21,28-30,38H,1,17-20H2,2-3H3,(H,36,39)/t21-,28+,29+,30+/m1/s1. The summed E-state index contributed by atoms with van der Waals surface area (Å²) < 4.78 is 11.1. The van der Waals surface area contributed by atoms with Crippen LogP contribution in [-0.4, -0.2) is 45.9 Å². The molecule has 0 aliphatic carbocycles. The Hall–Kier alpha value is -2.42. The number of benzene rings is 3. The van der Waals surface area contributed by atoms with Crippen molar-refractivity contribution < 1.29 is 19.4 Å². The second-order valence-corrected chi connectivity index (χ2v) is 12.6. The highest BCUT2D eigenvalue weighted by molar-refractivity contribution is 6.76. The van der Waals surface area contributed by atoms with E-state index < -0.39 is 16.0 Å². The molecule has 4 atom stereocenters. The summed E-state index contributed by atoms with van der Waals surface area (Å²) in [4.78, 5) is 14.3. The molecular weight excluding hydrogens is 583 g/mol. The van der Waals surface area contributed by atoms with Crippen molar-refractivity contribution in [3.8, 4) is 11.1 Å². The van der Waals surface area contributed by atoms with Gasteiger partial charge in [0.15, 0.2) is 6.29 Å². The Morgan fingerprint density at radius 2 is 1.68 bits per heavy atom. The van der Waals surface area contributed by atoms with E-state index in [4.69, 9.17) is 44.3 Å². The van der Waals surface area contributed by atoms with Crippen LogP contribution in [0.5, 0.6) is 0 Å². The zero-order valence-corrected chi connectivity index (χ0v) is 25.4. The van der Waals surface area contributed by atoms with Gasteiger partial charge < -0.3 is 24.8 Å². The first-order valence-corrected chi connectivity index (χ1v) is 14.6. The average Bonchev–Trinajstić information content (AvgIpc) is 2.97. The van der Waals surface area contributed by atoms with Crippen molar-refractivity contribution in [2.45, 2.75) is 42.4 Å². The molecule has 0 bridgehead atoms. The molecule has 3 aromatic carbocycles. The number of hydrogen-bond acceptors (Lipinski definition) is 5. The third-order valence-electron chi connectivity index (χ3n) is 7.26. The van der Waals surface area contributed by atoms with Crippen LogP contribution in [0.1, 0.15) is 41.6 Å². The van der Waals surface area contributed by atoms with Gasteiger partial charge in [0.1, 0.15) is 0 Å². The number of alkyl halides is 3. The second-order valence-electron chi connectivity index (χ2n) is 10.3. The number of aliphatic hydroxyl groups is 1. The van der Waals surface area contributed by atoms with Crippen LogP contribution in [0.25, 0.3) is 11.1 Å². The Morgan fingerprint density at radius 3 is 2.32 bits per heavy atom. The zero-order valence-electron chi connectivity index (χ0n) is 23.1. The van der Waals surface area contributed by atoms with Gasteiger partial charge in [-0.25, -0.2) is 0 Å². The van der Waals surface area contributed by atoms with Gasteiger partial charge in [-0.1, -0.05) is 121 Å². The molecule has 6 nitrogen and oxygen atoms in total. The molecule has 0 radical (unpaired) electrons. The minimum absolute atomic E-state index is 0.00316. The van der Waals surface area contributed by atoms with Crippen molar-refractivity contribution in [1.29, 1.82) is 0 Å². The lowest BCUT2D eigenvalue weighted by Gasteiger charge is -2.42. The van der Waals surface area contributed by atoms with Gasteiger partial charge in [0, 0.05) is 31.1 Å². The quantitative estimate of drug-likeness (QED) is 0.195. The monoisotopic (exact) mass is 616 g/mol. The largest absolute Gasteiger partial charge is 0.392 e. The number of halogens is 3. The molecule has 1 amide bonds. The SMILES string of the molecule is C=CCN(C)C[C@@H]1O[C@H](c2ccc(-c3ccccc3CNC(=O)C(Cl)(Cl)Cl)cc2)O[C@H](c2ccc(CO)cc2)[C@@H]1C. The Kier molecular flexibility index (Phi) is 10.9. The maximum Gasteiger partial charge on any atom is 0.272 e. The van der Waals surface area contributed by atoms with E-state index in [-0.39, 0.29) is 31.3 Å². The highest BCUT2D eigenvalue weighted by Gasteiger charge is 2.38. The van der Waals surface area contributed by atoms with Crippen LogP contribution in [0, 0.1) is 5.92 Å². The first kappa shape index (κ1) is 31.5. The normalized spacial score (nSPS) is 21.0. The molecular formula is C32H35Cl3N2O4. The van der Waals surface area contributed by atoms with Gasteiger partial charge in [0.05, 0.1) is 18.8 Å². The van der Waals surface area contributed by atoms with Crippen molar-refractivity contribution >= 4 is 40.7 Å². The molecule has 0 spiro atoms. The molecule has 3 aromatic rings. The lowest BCUT2D eigenvalue weighted by atomic mass is 9.90. The summed E-state index contributed by atoms with van der Waals surface area (Å²) in [7, 11) is 2.05. The first-order valence-electron chi connectivity index (χ1n) is 13.4. The summed E-state index contributed by atoms with van der Waals surface area (Å²) >= 11 is 17.1. The number of rotatable bonds is 10. The van der Waals surface area contributed by atoms with Crippen LogP contribution in [-0.2, 0) is 27.4 Å². The number of ether oxygens (including phenoxy) is 2. The molecule has 1 aliphatic heterocycles. The van der Waals surface area contributed by atoms with E-state index in [1.165, 1.54) is 0 Å². The second kappa shape index (κ2) is 14.2. The molecule has 41 heavy (non-hydrogen) atoms. The smallest absolute Gasteiger partial charge is 0.272 e. The van der Waals surface area contributed by atoms with Gasteiger partial charge in [-0.15, -0.1) is 6.58 Å². The van der Waals surface area contributed by atoms with Crippen molar-refractivity contribution in [3.63, 3.8) is 0 Å². The van der Waals surface area contributed by atoms with Crippen LogP contribution in [0.4, 0.5) is 0 Å². The summed E-state index contributed by atoms with van der Waals surface area (Å²) in [5.41, 5.74) is 5.61. The molecule has 9 heteroatoms. The first-order chi connectivity index (χ1) is 19.6. The van der Waals surface area contributed by atoms with Crippen LogP contribution in [0.3, 0.4) is 0 Å². The molecule has 218 valence electrons. The predicted molar refractivity (Wildman–Crippen MR) is 165 cm³/mol. The molecule has 2 N–H and O–H groups in total. The molecule has 0 saturated carbocycles. The molecule has 0 aromatic heterocycles. The maximum absolute atomic E-state index is 12.1. The van der Waals surface area contributed by atoms with Crippen molar-refractivity contribution in [2.24, 2.45) is 5.92 Å². The van der Waals surface area contributed by atoms with E-state index in [1.54, 1.807) is 0 Å². The van der Waals surface area contributed by atoms with E-state index in [0.29, 0.717) is 0 Å². The minimum Gasteiger partial charge on any atom is -0.392 e. The van der Waals surface area contributed by atoms with Gasteiger partial charge >= 0.3 is 0 Å². The average molecular weight is 618 g/mol. The number of amides is 1. The molecule has 1 heterocycles. The third kappa shape index (κ3) is 8.11. The lowest BCUT2D eigenvalue weighted by molar-refractivity contribution is -0.275. The minimum atomic E-state index is -2.02. The topological polar surface area (TPSA) is 71.0 Å². The van der Waals surface area contributed by atoms with Gasteiger partial charge in [-0.05, 0) is 34.9 Å². The Morgan fingerprint density at radius 1 is 1.02 bits per heavy atom. The molecule has 1 fully saturated rings. The number of nitrogens with one attached hydrogen (secondary N) is 1. The van der Waals surface area contributed by atoms with Crippen molar-refractivity contribution in [1.82, 2.24) is 10.2 Å². The van der Waals surface area contributed by atoms with Crippen LogP contribution in [0.15, 0.2) is 85.5 Å². The van der Waals surface area contributed by atoms with E-state index in [0.717, 1.165) is 46.5 Å². The number of likely N-dealkylation sites (N-methyl/N-ethyl adjacent to an activating group) is 1. The van der Waals surface area contributed by atoms with Crippen LogP contribution < -0.4 is 5.32 Å². The fourth-order valence-electron chi connectivity index (χ4n) is 4.98. The van der Waals surface area contributed by atoms with Gasteiger partial charge in [0.2, 0.25) is 0 Å². The lowest BCUT2D eigenvalue weighted by Crippen LogP contribution is -2.43. The molecule has 1 aliphatic rings. The fourth-order valence-corrected chi connectivity index (χ4v) is 5.18. The van der Waals surface area contributed by atoms with Gasteiger partial charge in [-0.2, -0.15) is 0 Å². The van der Waals surface area contributed by atoms with Gasteiger partial charge in [-0.3, -0.25) is 4.79 Å². The Labute approximate surface area is 256 Å². The number of carbonyl (C=O) groups excluding carboxylic acids is 1. The van der Waals surface area contributed by atoms with Crippen LogP contribution >= 0.6 is 34.8 Å². The summed E-state index contributed by atoms with van der Waals surface area (Å²) in [6.45, 7) is 7.70. The Bertz CT molecular complexity index is 1310. The molecule has 4 rings (SSSR count). The van der Waals surface area contributed by atoms with Crippen molar-refractivity contribution in [2.75, 3.05) is 20.1 Å². The summed E-state index contributed by atoms with van der Waals surface area (Å²) in [5.74, 6) is -0.588. The number of aliphatic hydroxyl groups excluding tert-OH is 1. The summed E-state index contributed by atoms with van der Waals surface area (Å²) in [5, 5.41) is 12.2. The maximum atomic E-state index is 12.1. The number of hydrogen-bond donors (Lipinski definition) is 2. The summed E-state index contributed by atoms with van der Waals surface area (Å²) in [6, 6.07) is 23.7. The van der Waals surface area contributed by atoms with Gasteiger partial charge in [0.25, 0.3) is 9.70 Å². The molecule has 0 unspecified atom stereocenters. The fraction of sp³-hybridized carbons (Fsp3) is 0.344. The van der Waals surface area contributed by atoms with Crippen molar-refractivity contribution in [3.05, 3.63) is 108 Å². The number of carbonyl (C=O) groups is 1.